The predicted molar refractivity (Wildman–Crippen MR) is 71.9 cm³/mol. The number of nitrogens with two attached hydrogens (primary N) is 1. The van der Waals surface area contributed by atoms with Gasteiger partial charge in [0.1, 0.15) is 0 Å². The van der Waals surface area contributed by atoms with Gasteiger partial charge in [-0.05, 0) is 12.8 Å². The maximum Gasteiger partial charge on any atom is 0.254 e. The molecule has 2 atom stereocenters. The van der Waals surface area contributed by atoms with Crippen molar-refractivity contribution in [2.45, 2.75) is 18.9 Å². The Hall–Kier alpha value is -1.18. The van der Waals surface area contributed by atoms with Crippen LogP contribution in [0.1, 0.15) is 12.8 Å². The molecule has 2 aliphatic heterocycles. The van der Waals surface area contributed by atoms with Crippen molar-refractivity contribution in [3.63, 3.8) is 0 Å². The second-order valence-electron chi connectivity index (χ2n) is 5.14. The molecule has 114 valence electrons. The number of likely N-dealkylation sites (tertiary alicyclic amines) is 1. The number of nitrogens with one attached hydrogen (secondary N) is 1. The third-order valence-corrected chi connectivity index (χ3v) is 3.64. The Kier molecular flexibility index (Phi) is 5.75. The fourth-order valence-electron chi connectivity index (χ4n) is 2.57. The van der Waals surface area contributed by atoms with Gasteiger partial charge in [-0.2, -0.15) is 0 Å². The lowest BCUT2D eigenvalue weighted by Crippen LogP contribution is -2.51. The fourth-order valence-corrected chi connectivity index (χ4v) is 2.57. The normalized spacial score (nSPS) is 27.1. The lowest BCUT2D eigenvalue weighted by atomic mass is 9.96. The van der Waals surface area contributed by atoms with Gasteiger partial charge in [-0.1, -0.05) is 0 Å². The molecular formula is C13H23N3O4. The highest BCUT2D eigenvalue weighted by molar-refractivity contribution is 5.83. The van der Waals surface area contributed by atoms with Gasteiger partial charge in [-0.25, -0.2) is 0 Å². The Balaban J connectivity index is 1.85. The van der Waals surface area contributed by atoms with E-state index in [0.29, 0.717) is 46.0 Å². The van der Waals surface area contributed by atoms with E-state index in [1.807, 2.05) is 0 Å². The molecule has 2 heterocycles. The van der Waals surface area contributed by atoms with Crippen LogP contribution in [0.2, 0.25) is 0 Å². The molecule has 2 saturated heterocycles. The molecule has 7 heteroatoms. The van der Waals surface area contributed by atoms with Crippen LogP contribution in [0.15, 0.2) is 0 Å². The number of nitrogens with zero attached hydrogens (tertiary/aromatic N) is 1. The minimum absolute atomic E-state index is 0.0197. The molecular weight excluding hydrogens is 262 g/mol. The van der Waals surface area contributed by atoms with E-state index >= 15 is 0 Å². The van der Waals surface area contributed by atoms with Crippen molar-refractivity contribution in [2.24, 2.45) is 11.7 Å². The first-order chi connectivity index (χ1) is 9.72. The third-order valence-electron chi connectivity index (χ3n) is 3.64. The van der Waals surface area contributed by atoms with E-state index in [1.165, 1.54) is 0 Å². The molecule has 0 aromatic heterocycles. The van der Waals surface area contributed by atoms with Gasteiger partial charge < -0.3 is 25.4 Å². The zero-order valence-corrected chi connectivity index (χ0v) is 11.7. The van der Waals surface area contributed by atoms with Crippen LogP contribution in [-0.2, 0) is 19.1 Å². The first-order valence-electron chi connectivity index (χ1n) is 7.18. The van der Waals surface area contributed by atoms with Crippen molar-refractivity contribution >= 4 is 11.8 Å². The summed E-state index contributed by atoms with van der Waals surface area (Å²) >= 11 is 0. The van der Waals surface area contributed by atoms with Gasteiger partial charge in [0.05, 0.1) is 25.7 Å². The molecule has 7 nitrogen and oxygen atoms in total. The maximum absolute atomic E-state index is 12.3. The first kappa shape index (κ1) is 15.2. The number of rotatable bonds is 4. The minimum atomic E-state index is -0.519. The number of hydrogen-bond acceptors (Lipinski definition) is 5. The molecule has 0 aliphatic carbocycles. The van der Waals surface area contributed by atoms with Gasteiger partial charge in [-0.3, -0.25) is 9.59 Å². The van der Waals surface area contributed by atoms with Crippen LogP contribution in [-0.4, -0.2) is 68.8 Å². The highest BCUT2D eigenvalue weighted by atomic mass is 16.6. The molecule has 2 aliphatic rings. The molecule has 3 N–H and O–H groups in total. The van der Waals surface area contributed by atoms with Gasteiger partial charge in [0.25, 0.3) is 5.91 Å². The Labute approximate surface area is 118 Å². The number of ether oxygens (including phenoxy) is 2. The van der Waals surface area contributed by atoms with Crippen LogP contribution in [0, 0.1) is 5.92 Å². The van der Waals surface area contributed by atoms with Crippen LogP contribution in [0.4, 0.5) is 0 Å². The van der Waals surface area contributed by atoms with E-state index in [1.54, 1.807) is 4.90 Å². The van der Waals surface area contributed by atoms with Gasteiger partial charge >= 0.3 is 0 Å². The van der Waals surface area contributed by atoms with E-state index < -0.39 is 6.10 Å². The fraction of sp³-hybridized carbons (Fsp3) is 0.846. The Morgan fingerprint density at radius 1 is 1.35 bits per heavy atom. The number of amides is 2. The highest BCUT2D eigenvalue weighted by Gasteiger charge is 2.33. The molecule has 2 rings (SSSR count). The number of carbonyl (C=O) groups is 2. The average Bonchev–Trinajstić information content (AvgIpc) is 2.52. The monoisotopic (exact) mass is 285 g/mol. The first-order valence-corrected chi connectivity index (χ1v) is 7.18. The zero-order chi connectivity index (χ0) is 14.4. The largest absolute Gasteiger partial charge is 0.376 e. The van der Waals surface area contributed by atoms with Crippen molar-refractivity contribution in [1.29, 1.82) is 0 Å². The zero-order valence-electron chi connectivity index (χ0n) is 11.7. The van der Waals surface area contributed by atoms with Crippen molar-refractivity contribution in [1.82, 2.24) is 10.2 Å². The summed E-state index contributed by atoms with van der Waals surface area (Å²) in [5.74, 6) is -0.237. The molecule has 0 aromatic carbocycles. The molecule has 20 heavy (non-hydrogen) atoms. The van der Waals surface area contributed by atoms with Crippen molar-refractivity contribution in [3.8, 4) is 0 Å². The van der Waals surface area contributed by atoms with E-state index in [-0.39, 0.29) is 17.7 Å². The van der Waals surface area contributed by atoms with Crippen LogP contribution >= 0.6 is 0 Å². The van der Waals surface area contributed by atoms with Crippen molar-refractivity contribution in [2.75, 3.05) is 46.0 Å². The van der Waals surface area contributed by atoms with Crippen LogP contribution in [0.25, 0.3) is 0 Å². The Morgan fingerprint density at radius 2 is 2.20 bits per heavy atom. The summed E-state index contributed by atoms with van der Waals surface area (Å²) < 4.78 is 10.7. The SMILES string of the molecule is NCCNC(=O)C1CCCN(C(=O)C2COCCO2)C1. The van der Waals surface area contributed by atoms with E-state index in [9.17, 15) is 9.59 Å². The summed E-state index contributed by atoms with van der Waals surface area (Å²) in [5.41, 5.74) is 5.37. The summed E-state index contributed by atoms with van der Waals surface area (Å²) in [6, 6.07) is 0. The topological polar surface area (TPSA) is 93.9 Å². The summed E-state index contributed by atoms with van der Waals surface area (Å²) in [5, 5.41) is 2.78. The number of carbonyl (C=O) groups excluding carboxylic acids is 2. The molecule has 2 unspecified atom stereocenters. The van der Waals surface area contributed by atoms with Crippen molar-refractivity contribution in [3.05, 3.63) is 0 Å². The lowest BCUT2D eigenvalue weighted by Gasteiger charge is -2.35. The van der Waals surface area contributed by atoms with Gasteiger partial charge in [0.15, 0.2) is 6.10 Å². The smallest absolute Gasteiger partial charge is 0.254 e. The Bertz CT molecular complexity index is 345. The molecule has 2 fully saturated rings. The second kappa shape index (κ2) is 7.56. The summed E-state index contributed by atoms with van der Waals surface area (Å²) in [6.45, 7) is 3.32. The summed E-state index contributed by atoms with van der Waals surface area (Å²) in [4.78, 5) is 26.0. The molecule has 0 aromatic rings. The molecule has 0 saturated carbocycles. The molecule has 0 radical (unpaired) electrons. The van der Waals surface area contributed by atoms with E-state index in [2.05, 4.69) is 5.32 Å². The number of hydrogen-bond donors (Lipinski definition) is 2. The summed E-state index contributed by atoms with van der Waals surface area (Å²) in [7, 11) is 0. The number of piperidine rings is 1. The molecule has 2 amide bonds. The standard InChI is InChI=1S/C13H23N3O4/c14-3-4-15-12(17)10-2-1-5-16(8-10)13(18)11-9-19-6-7-20-11/h10-11H,1-9,14H2,(H,15,17). The molecule has 0 spiro atoms. The van der Waals surface area contributed by atoms with Gasteiger partial charge in [-0.15, -0.1) is 0 Å². The van der Waals surface area contributed by atoms with Crippen molar-refractivity contribution < 1.29 is 19.1 Å². The average molecular weight is 285 g/mol. The Morgan fingerprint density at radius 3 is 2.90 bits per heavy atom. The molecule has 0 bridgehead atoms. The van der Waals surface area contributed by atoms with Gasteiger partial charge in [0.2, 0.25) is 5.91 Å². The van der Waals surface area contributed by atoms with Crippen LogP contribution < -0.4 is 11.1 Å². The highest BCUT2D eigenvalue weighted by Crippen LogP contribution is 2.18. The summed E-state index contributed by atoms with van der Waals surface area (Å²) in [6.07, 6.45) is 1.12. The maximum atomic E-state index is 12.3. The second-order valence-corrected chi connectivity index (χ2v) is 5.14. The van der Waals surface area contributed by atoms with Gasteiger partial charge in [0, 0.05) is 26.2 Å². The lowest BCUT2D eigenvalue weighted by molar-refractivity contribution is -0.160. The third kappa shape index (κ3) is 3.91. The van der Waals surface area contributed by atoms with E-state index in [4.69, 9.17) is 15.2 Å². The van der Waals surface area contributed by atoms with Crippen LogP contribution in [0.3, 0.4) is 0 Å². The quantitative estimate of drug-likeness (QED) is 0.671. The van der Waals surface area contributed by atoms with E-state index in [0.717, 1.165) is 12.8 Å². The van der Waals surface area contributed by atoms with Crippen LogP contribution in [0.5, 0.6) is 0 Å². The predicted octanol–water partition coefficient (Wildman–Crippen LogP) is -1.28. The minimum Gasteiger partial charge on any atom is -0.376 e.